The first-order chi connectivity index (χ1) is 18.8. The van der Waals surface area contributed by atoms with Gasteiger partial charge < -0.3 is 20.3 Å². The lowest BCUT2D eigenvalue weighted by Crippen LogP contribution is -2.37. The number of nitrogens with one attached hydrogen (secondary N) is 2. The van der Waals surface area contributed by atoms with Gasteiger partial charge in [0, 0.05) is 37.5 Å². The van der Waals surface area contributed by atoms with Gasteiger partial charge in [-0.1, -0.05) is 50.6 Å². The highest BCUT2D eigenvalue weighted by molar-refractivity contribution is 6.31. The number of hydrogen-bond donors (Lipinski definition) is 2. The first kappa shape index (κ1) is 31.0. The van der Waals surface area contributed by atoms with E-state index in [1.807, 2.05) is 88.8 Å². The number of halogens is 1. The van der Waals surface area contributed by atoms with Crippen molar-refractivity contribution in [2.24, 2.45) is 12.5 Å². The second-order valence-corrected chi connectivity index (χ2v) is 11.5. The molecule has 0 saturated heterocycles. The lowest BCUT2D eigenvalue weighted by molar-refractivity contribution is -0.118. The third-order valence-electron chi connectivity index (χ3n) is 6.53. The van der Waals surface area contributed by atoms with Crippen molar-refractivity contribution in [2.45, 2.75) is 40.0 Å². The Morgan fingerprint density at radius 2 is 1.80 bits per heavy atom. The number of amides is 2. The van der Waals surface area contributed by atoms with Crippen LogP contribution in [0.2, 0.25) is 5.02 Å². The second kappa shape index (κ2) is 13.2. The summed E-state index contributed by atoms with van der Waals surface area (Å²) in [4.78, 5) is 41.9. The Bertz CT molecular complexity index is 1400. The lowest BCUT2D eigenvalue weighted by Gasteiger charge is -2.25. The van der Waals surface area contributed by atoms with Crippen molar-refractivity contribution < 1.29 is 14.3 Å². The smallest absolute Gasteiger partial charge is 0.295 e. The van der Waals surface area contributed by atoms with Crippen molar-refractivity contribution in [1.82, 2.24) is 19.6 Å². The van der Waals surface area contributed by atoms with E-state index in [-0.39, 0.29) is 41.9 Å². The molecule has 3 aromatic rings. The van der Waals surface area contributed by atoms with Crippen LogP contribution >= 0.6 is 11.6 Å². The van der Waals surface area contributed by atoms with E-state index in [9.17, 15) is 14.4 Å². The van der Waals surface area contributed by atoms with Gasteiger partial charge in [0.2, 0.25) is 5.91 Å². The van der Waals surface area contributed by atoms with Gasteiger partial charge in [-0.25, -0.2) is 4.68 Å². The monoisotopic (exact) mass is 569 g/mol. The summed E-state index contributed by atoms with van der Waals surface area (Å²) in [5, 5.41) is 6.24. The summed E-state index contributed by atoms with van der Waals surface area (Å²) < 4.78 is 8.95. The first-order valence-electron chi connectivity index (χ1n) is 13.4. The van der Waals surface area contributed by atoms with E-state index < -0.39 is 5.41 Å². The number of para-hydroxylation sites is 1. The van der Waals surface area contributed by atoms with Gasteiger partial charge in [-0.05, 0) is 56.8 Å². The quantitative estimate of drug-likeness (QED) is 0.330. The molecule has 1 heterocycles. The van der Waals surface area contributed by atoms with Crippen molar-refractivity contribution in [3.63, 3.8) is 0 Å². The Labute approximate surface area is 241 Å². The third kappa shape index (κ3) is 7.55. The molecule has 1 atom stereocenters. The van der Waals surface area contributed by atoms with E-state index in [2.05, 4.69) is 10.6 Å². The Morgan fingerprint density at radius 1 is 1.12 bits per heavy atom. The Hall–Kier alpha value is -3.56. The number of carbonyl (C=O) groups is 2. The largest absolute Gasteiger partial charge is 0.493 e. The number of aromatic nitrogens is 2. The molecule has 0 spiro atoms. The predicted molar refractivity (Wildman–Crippen MR) is 160 cm³/mol. The van der Waals surface area contributed by atoms with E-state index in [1.54, 1.807) is 22.9 Å². The Kier molecular flexibility index (Phi) is 10.2. The molecule has 2 amide bonds. The molecule has 0 unspecified atom stereocenters. The molecule has 0 saturated carbocycles. The number of benzene rings is 2. The van der Waals surface area contributed by atoms with E-state index in [0.29, 0.717) is 35.2 Å². The average Bonchev–Trinajstić information content (AvgIpc) is 3.12. The molecule has 0 radical (unpaired) electrons. The number of nitrogens with zero attached hydrogens (tertiary/aromatic N) is 3. The van der Waals surface area contributed by atoms with Gasteiger partial charge in [0.1, 0.15) is 11.4 Å². The number of carbonyl (C=O) groups excluding carboxylic acids is 2. The van der Waals surface area contributed by atoms with Crippen LogP contribution in [-0.2, 0) is 11.8 Å². The van der Waals surface area contributed by atoms with Gasteiger partial charge in [0.05, 0.1) is 23.6 Å². The van der Waals surface area contributed by atoms with Crippen LogP contribution in [0.25, 0.3) is 5.69 Å². The molecule has 0 aliphatic rings. The number of likely N-dealkylation sites (N-methyl/N-ethyl adjacent to an activating group) is 1. The summed E-state index contributed by atoms with van der Waals surface area (Å²) in [7, 11) is 5.77. The van der Waals surface area contributed by atoms with Gasteiger partial charge in [-0.2, -0.15) is 0 Å². The fraction of sp³-hybridized carbons (Fsp3) is 0.433. The maximum absolute atomic E-state index is 13.6. The van der Waals surface area contributed by atoms with Gasteiger partial charge >= 0.3 is 0 Å². The molecule has 216 valence electrons. The van der Waals surface area contributed by atoms with Crippen LogP contribution in [0.3, 0.4) is 0 Å². The maximum atomic E-state index is 13.6. The fourth-order valence-electron chi connectivity index (χ4n) is 4.85. The molecular formula is C30H40ClN5O4. The van der Waals surface area contributed by atoms with Crippen molar-refractivity contribution in [1.29, 1.82) is 0 Å². The van der Waals surface area contributed by atoms with E-state index >= 15 is 0 Å². The van der Waals surface area contributed by atoms with E-state index in [1.165, 1.54) is 0 Å². The van der Waals surface area contributed by atoms with Crippen LogP contribution in [0, 0.1) is 5.41 Å². The van der Waals surface area contributed by atoms with Gasteiger partial charge in [0.15, 0.2) is 0 Å². The molecule has 0 aliphatic carbocycles. The van der Waals surface area contributed by atoms with Crippen molar-refractivity contribution in [2.75, 3.05) is 39.1 Å². The molecule has 9 nitrogen and oxygen atoms in total. The molecule has 0 aliphatic heterocycles. The molecule has 1 aromatic heterocycles. The van der Waals surface area contributed by atoms with E-state index in [0.717, 1.165) is 5.69 Å². The van der Waals surface area contributed by atoms with E-state index in [4.69, 9.17) is 16.3 Å². The maximum Gasteiger partial charge on any atom is 0.295 e. The van der Waals surface area contributed by atoms with Crippen LogP contribution in [0.1, 0.15) is 56.1 Å². The van der Waals surface area contributed by atoms with Gasteiger partial charge in [0.25, 0.3) is 11.5 Å². The molecular weight excluding hydrogens is 530 g/mol. The van der Waals surface area contributed by atoms with Crippen molar-refractivity contribution in [3.05, 3.63) is 75.2 Å². The highest BCUT2D eigenvalue weighted by Gasteiger charge is 2.28. The Balaban J connectivity index is 1.80. The predicted octanol–water partition coefficient (Wildman–Crippen LogP) is 4.68. The molecule has 3 rings (SSSR count). The summed E-state index contributed by atoms with van der Waals surface area (Å²) >= 11 is 6.10. The Morgan fingerprint density at radius 3 is 2.42 bits per heavy atom. The zero-order valence-corrected chi connectivity index (χ0v) is 25.1. The van der Waals surface area contributed by atoms with Crippen LogP contribution in [0.15, 0.2) is 53.3 Å². The van der Waals surface area contributed by atoms with Crippen LogP contribution in [0.4, 0.5) is 5.69 Å². The summed E-state index contributed by atoms with van der Waals surface area (Å²) in [6.07, 6.45) is 0.0856. The summed E-state index contributed by atoms with van der Waals surface area (Å²) in [5.41, 5.74) is 1.16. The zero-order valence-electron chi connectivity index (χ0n) is 24.4. The van der Waals surface area contributed by atoms with Crippen molar-refractivity contribution >= 4 is 29.1 Å². The minimum absolute atomic E-state index is 0.0301. The average molecular weight is 570 g/mol. The normalized spacial score (nSPS) is 12.3. The molecule has 40 heavy (non-hydrogen) atoms. The topological polar surface area (TPSA) is 97.6 Å². The fourth-order valence-corrected chi connectivity index (χ4v) is 5.03. The van der Waals surface area contributed by atoms with Gasteiger partial charge in [-0.15, -0.1) is 0 Å². The number of hydrogen-bond acceptors (Lipinski definition) is 5. The number of ether oxygens (including phenoxy) is 1. The SMILES string of the molecule is CCOc1ccc(Cl)cc1C(=O)NCC(C)(C)CC(=O)Nc1c([C@@H](C)CN(C)C)n(C)n(-c2ccccc2)c1=O. The summed E-state index contributed by atoms with van der Waals surface area (Å²) in [6, 6.07) is 14.2. The van der Waals surface area contributed by atoms with Crippen molar-refractivity contribution in [3.8, 4) is 11.4 Å². The first-order valence-corrected chi connectivity index (χ1v) is 13.7. The highest BCUT2D eigenvalue weighted by Crippen LogP contribution is 2.27. The summed E-state index contributed by atoms with van der Waals surface area (Å²) in [5.74, 6) is -0.234. The molecule has 2 aromatic carbocycles. The molecule has 0 fully saturated rings. The standard InChI is InChI=1S/C30H40ClN5O4/c1-8-40-24-15-14-21(31)16-23(24)28(38)32-19-30(3,4)17-25(37)33-26-27(20(2)18-34(5)6)35(7)36(29(26)39)22-12-10-9-11-13-22/h9-16,20H,8,17-19H2,1-7H3,(H,32,38)(H,33,37)/t20-/m0/s1. The summed E-state index contributed by atoms with van der Waals surface area (Å²) in [6.45, 7) is 8.98. The molecule has 0 bridgehead atoms. The lowest BCUT2D eigenvalue weighted by atomic mass is 9.88. The van der Waals surface area contributed by atoms with Crippen LogP contribution in [0.5, 0.6) is 5.75 Å². The number of anilines is 1. The zero-order chi connectivity index (χ0) is 29.6. The number of rotatable bonds is 12. The van der Waals surface area contributed by atoms with Crippen LogP contribution in [-0.4, -0.2) is 59.9 Å². The minimum Gasteiger partial charge on any atom is -0.493 e. The van der Waals surface area contributed by atoms with Gasteiger partial charge in [-0.3, -0.25) is 19.1 Å². The highest BCUT2D eigenvalue weighted by atomic mass is 35.5. The second-order valence-electron chi connectivity index (χ2n) is 11.0. The third-order valence-corrected chi connectivity index (χ3v) is 6.77. The molecule has 2 N–H and O–H groups in total. The van der Waals surface area contributed by atoms with Crippen LogP contribution < -0.4 is 20.9 Å². The minimum atomic E-state index is -0.604. The molecule has 10 heteroatoms.